The van der Waals surface area contributed by atoms with Gasteiger partial charge in [-0.15, -0.1) is 0 Å². The average Bonchev–Trinajstić information content (AvgIpc) is 2.85. The Labute approximate surface area is 85.3 Å². The molecule has 0 aliphatic carbocycles. The van der Waals surface area contributed by atoms with E-state index in [9.17, 15) is 0 Å². The third-order valence-corrected chi connectivity index (χ3v) is 3.41. The Morgan fingerprint density at radius 3 is 1.64 bits per heavy atom. The van der Waals surface area contributed by atoms with Crippen LogP contribution in [-0.4, -0.2) is 51.6 Å². The summed E-state index contributed by atoms with van der Waals surface area (Å²) < 4.78 is 10.9. The van der Waals surface area contributed by atoms with Crippen LogP contribution in [0.4, 0.5) is 0 Å². The van der Waals surface area contributed by atoms with Gasteiger partial charge in [0.25, 0.3) is 0 Å². The zero-order chi connectivity index (χ0) is 9.97. The molecule has 0 spiro atoms. The van der Waals surface area contributed by atoms with Gasteiger partial charge >= 0.3 is 0 Å². The Bertz CT molecular complexity index is 169. The molecule has 4 heteroatoms. The lowest BCUT2D eigenvalue weighted by Gasteiger charge is -2.28. The maximum absolute atomic E-state index is 5.47. The van der Waals surface area contributed by atoms with Gasteiger partial charge in [0, 0.05) is 14.2 Å². The van der Waals surface area contributed by atoms with Gasteiger partial charge in [-0.1, -0.05) is 0 Å². The minimum Gasteiger partial charge on any atom is -0.380 e. The van der Waals surface area contributed by atoms with E-state index in [-0.39, 0.29) is 0 Å². The SMILES string of the molecule is COC1CCNC1C1NCCC1OC. The Hall–Kier alpha value is -0.160. The lowest BCUT2D eigenvalue weighted by atomic mass is 10.00. The maximum Gasteiger partial charge on any atom is 0.0752 e. The van der Waals surface area contributed by atoms with Gasteiger partial charge in [0.05, 0.1) is 24.3 Å². The zero-order valence-electron chi connectivity index (χ0n) is 8.95. The predicted molar refractivity (Wildman–Crippen MR) is 54.4 cm³/mol. The molecule has 2 aliphatic rings. The van der Waals surface area contributed by atoms with Crippen LogP contribution in [0.25, 0.3) is 0 Å². The van der Waals surface area contributed by atoms with Crippen LogP contribution in [-0.2, 0) is 9.47 Å². The lowest BCUT2D eigenvalue weighted by Crippen LogP contribution is -2.52. The van der Waals surface area contributed by atoms with E-state index in [1.807, 2.05) is 0 Å². The lowest BCUT2D eigenvalue weighted by molar-refractivity contribution is 0.0382. The van der Waals surface area contributed by atoms with Gasteiger partial charge in [0.1, 0.15) is 0 Å². The quantitative estimate of drug-likeness (QED) is 0.659. The largest absolute Gasteiger partial charge is 0.380 e. The molecule has 2 saturated heterocycles. The standard InChI is InChI=1S/C10H20N2O2/c1-13-7-3-5-11-9(7)10-8(14-2)4-6-12-10/h7-12H,3-6H2,1-2H3. The van der Waals surface area contributed by atoms with Crippen molar-refractivity contribution in [3.05, 3.63) is 0 Å². The Morgan fingerprint density at radius 2 is 1.29 bits per heavy atom. The van der Waals surface area contributed by atoms with E-state index in [2.05, 4.69) is 10.6 Å². The van der Waals surface area contributed by atoms with Gasteiger partial charge in [0.2, 0.25) is 0 Å². The fraction of sp³-hybridized carbons (Fsp3) is 1.00. The van der Waals surface area contributed by atoms with Crippen molar-refractivity contribution in [2.45, 2.75) is 37.1 Å². The van der Waals surface area contributed by atoms with Crippen molar-refractivity contribution in [1.29, 1.82) is 0 Å². The molecular formula is C10H20N2O2. The zero-order valence-corrected chi connectivity index (χ0v) is 8.95. The van der Waals surface area contributed by atoms with Crippen LogP contribution in [0.15, 0.2) is 0 Å². The fourth-order valence-corrected chi connectivity index (χ4v) is 2.65. The van der Waals surface area contributed by atoms with E-state index in [1.54, 1.807) is 14.2 Å². The van der Waals surface area contributed by atoms with Crippen molar-refractivity contribution in [2.24, 2.45) is 0 Å². The minimum absolute atomic E-state index is 0.336. The highest BCUT2D eigenvalue weighted by molar-refractivity contribution is 5.00. The highest BCUT2D eigenvalue weighted by Crippen LogP contribution is 2.21. The molecule has 0 aromatic heterocycles. The predicted octanol–water partition coefficient (Wildman–Crippen LogP) is -0.260. The highest BCUT2D eigenvalue weighted by atomic mass is 16.5. The molecule has 0 bridgehead atoms. The third-order valence-electron chi connectivity index (χ3n) is 3.41. The first-order chi connectivity index (χ1) is 6.86. The summed E-state index contributed by atoms with van der Waals surface area (Å²) in [6, 6.07) is 0.819. The monoisotopic (exact) mass is 200 g/mol. The number of methoxy groups -OCH3 is 2. The van der Waals surface area contributed by atoms with Gasteiger partial charge in [-0.05, 0) is 25.9 Å². The summed E-state index contributed by atoms with van der Waals surface area (Å²) in [5.41, 5.74) is 0. The minimum atomic E-state index is 0.336. The van der Waals surface area contributed by atoms with E-state index in [4.69, 9.17) is 9.47 Å². The molecule has 2 heterocycles. The summed E-state index contributed by atoms with van der Waals surface area (Å²) in [4.78, 5) is 0. The Morgan fingerprint density at radius 1 is 0.857 bits per heavy atom. The number of nitrogens with one attached hydrogen (secondary N) is 2. The second-order valence-corrected chi connectivity index (χ2v) is 4.09. The van der Waals surface area contributed by atoms with E-state index in [1.165, 1.54) is 0 Å². The highest BCUT2D eigenvalue weighted by Gasteiger charge is 2.40. The normalized spacial score (nSPS) is 43.3. The van der Waals surface area contributed by atoms with Crippen LogP contribution in [0.1, 0.15) is 12.8 Å². The van der Waals surface area contributed by atoms with Crippen molar-refractivity contribution >= 4 is 0 Å². The van der Waals surface area contributed by atoms with Crippen LogP contribution >= 0.6 is 0 Å². The molecule has 4 atom stereocenters. The first kappa shape index (κ1) is 10.4. The van der Waals surface area contributed by atoms with E-state index < -0.39 is 0 Å². The summed E-state index contributed by atoms with van der Waals surface area (Å²) in [6.45, 7) is 2.11. The summed E-state index contributed by atoms with van der Waals surface area (Å²) in [5, 5.41) is 6.99. The molecule has 2 rings (SSSR count). The van der Waals surface area contributed by atoms with Crippen LogP contribution in [0.5, 0.6) is 0 Å². The number of rotatable bonds is 3. The summed E-state index contributed by atoms with van der Waals surface area (Å²) >= 11 is 0. The first-order valence-corrected chi connectivity index (χ1v) is 5.39. The van der Waals surface area contributed by atoms with E-state index >= 15 is 0 Å². The number of hydrogen-bond acceptors (Lipinski definition) is 4. The molecule has 0 aromatic carbocycles. The molecule has 2 aliphatic heterocycles. The van der Waals surface area contributed by atoms with Gasteiger partial charge < -0.3 is 20.1 Å². The molecule has 0 saturated carbocycles. The van der Waals surface area contributed by atoms with E-state index in [0.717, 1.165) is 25.9 Å². The Balaban J connectivity index is 1.98. The summed E-state index contributed by atoms with van der Waals surface area (Å²) in [6.07, 6.45) is 2.89. The average molecular weight is 200 g/mol. The second-order valence-electron chi connectivity index (χ2n) is 4.09. The molecule has 0 radical (unpaired) electrons. The smallest absolute Gasteiger partial charge is 0.0752 e. The molecule has 2 N–H and O–H groups in total. The number of hydrogen-bond donors (Lipinski definition) is 2. The molecule has 2 fully saturated rings. The van der Waals surface area contributed by atoms with Crippen LogP contribution in [0.3, 0.4) is 0 Å². The maximum atomic E-state index is 5.47. The van der Waals surface area contributed by atoms with Crippen molar-refractivity contribution < 1.29 is 9.47 Å². The number of ether oxygens (including phenoxy) is 2. The summed E-state index contributed by atoms with van der Waals surface area (Å²) in [7, 11) is 3.59. The topological polar surface area (TPSA) is 42.5 Å². The van der Waals surface area contributed by atoms with Gasteiger partial charge in [-0.25, -0.2) is 0 Å². The molecule has 82 valence electrons. The third kappa shape index (κ3) is 1.80. The fourth-order valence-electron chi connectivity index (χ4n) is 2.65. The van der Waals surface area contributed by atoms with Crippen molar-refractivity contribution in [1.82, 2.24) is 10.6 Å². The van der Waals surface area contributed by atoms with Gasteiger partial charge in [-0.2, -0.15) is 0 Å². The molecule has 4 unspecified atom stereocenters. The first-order valence-electron chi connectivity index (χ1n) is 5.39. The molecule has 0 amide bonds. The van der Waals surface area contributed by atoms with E-state index in [0.29, 0.717) is 24.3 Å². The van der Waals surface area contributed by atoms with Crippen molar-refractivity contribution in [2.75, 3.05) is 27.3 Å². The van der Waals surface area contributed by atoms with Crippen molar-refractivity contribution in [3.8, 4) is 0 Å². The van der Waals surface area contributed by atoms with Crippen LogP contribution < -0.4 is 10.6 Å². The second kappa shape index (κ2) is 4.57. The molecule has 4 nitrogen and oxygen atoms in total. The molecular weight excluding hydrogens is 180 g/mol. The van der Waals surface area contributed by atoms with Crippen LogP contribution in [0.2, 0.25) is 0 Å². The van der Waals surface area contributed by atoms with Gasteiger partial charge in [-0.3, -0.25) is 0 Å². The Kier molecular flexibility index (Phi) is 3.38. The molecule has 14 heavy (non-hydrogen) atoms. The van der Waals surface area contributed by atoms with Crippen LogP contribution in [0, 0.1) is 0 Å². The van der Waals surface area contributed by atoms with Gasteiger partial charge in [0.15, 0.2) is 0 Å². The van der Waals surface area contributed by atoms with Crippen molar-refractivity contribution in [3.63, 3.8) is 0 Å². The summed E-state index contributed by atoms with van der Waals surface area (Å²) in [5.74, 6) is 0. The molecule has 0 aromatic rings.